The van der Waals surface area contributed by atoms with Gasteiger partial charge in [0.15, 0.2) is 0 Å². The lowest BCUT2D eigenvalue weighted by molar-refractivity contribution is -0.120. The van der Waals surface area contributed by atoms with E-state index in [1.165, 1.54) is 22.3 Å². The number of rotatable bonds is 5. The predicted octanol–water partition coefficient (Wildman–Crippen LogP) is 1.62. The molecule has 1 amide bonds. The molecule has 3 nitrogen and oxygen atoms in total. The Kier molecular flexibility index (Phi) is 5.16. The molecule has 0 radical (unpaired) electrons. The molecule has 0 aliphatic carbocycles. The Morgan fingerprint density at radius 3 is 2.59 bits per heavy atom. The fourth-order valence-corrected chi connectivity index (χ4v) is 1.84. The van der Waals surface area contributed by atoms with Crippen molar-refractivity contribution in [3.05, 3.63) is 34.4 Å². The normalized spacial score (nSPS) is 10.4. The molecule has 1 rings (SSSR count). The molecule has 3 N–H and O–H groups in total. The van der Waals surface area contributed by atoms with Crippen LogP contribution in [0.2, 0.25) is 0 Å². The van der Waals surface area contributed by atoms with Gasteiger partial charge in [0, 0.05) is 19.5 Å². The molecular weight excluding hydrogens is 212 g/mol. The molecule has 0 aromatic heterocycles. The Balaban J connectivity index is 2.53. The highest BCUT2D eigenvalue weighted by Gasteiger charge is 2.04. The fraction of sp³-hybridized carbons (Fsp3) is 0.500. The van der Waals surface area contributed by atoms with Crippen LogP contribution in [0.4, 0.5) is 0 Å². The number of hydrogen-bond donors (Lipinski definition) is 2. The fourth-order valence-electron chi connectivity index (χ4n) is 1.84. The zero-order chi connectivity index (χ0) is 12.8. The van der Waals surface area contributed by atoms with Gasteiger partial charge in [-0.2, -0.15) is 0 Å². The average molecular weight is 234 g/mol. The van der Waals surface area contributed by atoms with Gasteiger partial charge < -0.3 is 11.1 Å². The molecule has 17 heavy (non-hydrogen) atoms. The maximum atomic E-state index is 11.2. The van der Waals surface area contributed by atoms with Crippen molar-refractivity contribution in [2.75, 3.05) is 13.1 Å². The summed E-state index contributed by atoms with van der Waals surface area (Å²) in [5, 5.41) is 2.87. The van der Waals surface area contributed by atoms with Gasteiger partial charge in [-0.15, -0.1) is 0 Å². The smallest absolute Gasteiger partial charge is 0.221 e. The van der Waals surface area contributed by atoms with Crippen LogP contribution in [-0.2, 0) is 11.2 Å². The predicted molar refractivity (Wildman–Crippen MR) is 71.0 cm³/mol. The van der Waals surface area contributed by atoms with Crippen molar-refractivity contribution >= 4 is 5.91 Å². The molecule has 0 heterocycles. The van der Waals surface area contributed by atoms with Crippen molar-refractivity contribution in [1.29, 1.82) is 0 Å². The van der Waals surface area contributed by atoms with Crippen LogP contribution in [0.25, 0.3) is 0 Å². The molecular formula is C14H22N2O. The Morgan fingerprint density at radius 1 is 1.24 bits per heavy atom. The van der Waals surface area contributed by atoms with Crippen LogP contribution in [-0.4, -0.2) is 19.0 Å². The molecule has 0 unspecified atom stereocenters. The first-order valence-electron chi connectivity index (χ1n) is 6.08. The lowest BCUT2D eigenvalue weighted by Crippen LogP contribution is -2.27. The third-order valence-corrected chi connectivity index (χ3v) is 3.26. The molecule has 0 bridgehead atoms. The second kappa shape index (κ2) is 6.40. The number of nitrogens with one attached hydrogen (secondary N) is 1. The molecule has 0 atom stereocenters. The molecule has 94 valence electrons. The summed E-state index contributed by atoms with van der Waals surface area (Å²) < 4.78 is 0. The topological polar surface area (TPSA) is 55.1 Å². The van der Waals surface area contributed by atoms with E-state index in [0.717, 1.165) is 6.42 Å². The van der Waals surface area contributed by atoms with Crippen molar-refractivity contribution in [2.24, 2.45) is 5.73 Å². The van der Waals surface area contributed by atoms with Crippen LogP contribution in [0.5, 0.6) is 0 Å². The highest BCUT2D eigenvalue weighted by Crippen LogP contribution is 2.17. The van der Waals surface area contributed by atoms with E-state index in [-0.39, 0.29) is 5.91 Å². The van der Waals surface area contributed by atoms with E-state index < -0.39 is 0 Å². The number of carbonyl (C=O) groups excluding carboxylic acids is 1. The summed E-state index contributed by atoms with van der Waals surface area (Å²) in [7, 11) is 0. The zero-order valence-corrected chi connectivity index (χ0v) is 11.0. The minimum Gasteiger partial charge on any atom is -0.356 e. The number of amides is 1. The van der Waals surface area contributed by atoms with E-state index in [0.29, 0.717) is 19.5 Å². The number of hydrogen-bond acceptors (Lipinski definition) is 2. The first-order valence-corrected chi connectivity index (χ1v) is 6.08. The zero-order valence-electron chi connectivity index (χ0n) is 11.0. The van der Waals surface area contributed by atoms with Gasteiger partial charge in [-0.3, -0.25) is 4.79 Å². The van der Waals surface area contributed by atoms with Crippen LogP contribution < -0.4 is 11.1 Å². The largest absolute Gasteiger partial charge is 0.356 e. The summed E-state index contributed by atoms with van der Waals surface area (Å²) >= 11 is 0. The minimum atomic E-state index is 0.0361. The van der Waals surface area contributed by atoms with Crippen molar-refractivity contribution in [3.63, 3.8) is 0 Å². The Morgan fingerprint density at radius 2 is 1.94 bits per heavy atom. The van der Waals surface area contributed by atoms with Crippen LogP contribution in [0.1, 0.15) is 28.7 Å². The van der Waals surface area contributed by atoms with Gasteiger partial charge in [-0.05, 0) is 49.4 Å². The van der Waals surface area contributed by atoms with Crippen LogP contribution in [0, 0.1) is 20.8 Å². The third kappa shape index (κ3) is 3.86. The van der Waals surface area contributed by atoms with Gasteiger partial charge in [-0.25, -0.2) is 0 Å². The molecule has 1 aromatic rings. The lowest BCUT2D eigenvalue weighted by atomic mass is 9.97. The number of benzene rings is 1. The standard InChI is InChI=1S/C14H22N2O/c1-10-4-5-13(12(3)11(10)2)7-9-16-14(17)6-8-15/h4-5H,6-9,15H2,1-3H3,(H,16,17). The minimum absolute atomic E-state index is 0.0361. The summed E-state index contributed by atoms with van der Waals surface area (Å²) in [6.45, 7) is 7.49. The van der Waals surface area contributed by atoms with E-state index in [1.807, 2.05) is 0 Å². The van der Waals surface area contributed by atoms with Gasteiger partial charge in [0.1, 0.15) is 0 Å². The highest BCUT2D eigenvalue weighted by molar-refractivity contribution is 5.76. The summed E-state index contributed by atoms with van der Waals surface area (Å²) in [6, 6.07) is 4.28. The molecule has 0 aliphatic heterocycles. The molecule has 3 heteroatoms. The second-order valence-corrected chi connectivity index (χ2v) is 4.43. The maximum absolute atomic E-state index is 11.2. The number of nitrogens with two attached hydrogens (primary N) is 1. The summed E-state index contributed by atoms with van der Waals surface area (Å²) in [5.74, 6) is 0.0361. The van der Waals surface area contributed by atoms with Gasteiger partial charge in [0.05, 0.1) is 0 Å². The van der Waals surface area contributed by atoms with Crippen molar-refractivity contribution in [1.82, 2.24) is 5.32 Å². The van der Waals surface area contributed by atoms with E-state index in [4.69, 9.17) is 5.73 Å². The van der Waals surface area contributed by atoms with Crippen molar-refractivity contribution in [3.8, 4) is 0 Å². The number of carbonyl (C=O) groups is 1. The van der Waals surface area contributed by atoms with Gasteiger partial charge in [0.25, 0.3) is 0 Å². The molecule has 0 spiro atoms. The van der Waals surface area contributed by atoms with Gasteiger partial charge in [-0.1, -0.05) is 12.1 Å². The number of aryl methyl sites for hydroxylation is 1. The van der Waals surface area contributed by atoms with Crippen molar-refractivity contribution < 1.29 is 4.79 Å². The summed E-state index contributed by atoms with van der Waals surface area (Å²) in [6.07, 6.45) is 1.29. The molecule has 0 fully saturated rings. The van der Waals surface area contributed by atoms with E-state index >= 15 is 0 Å². The first kappa shape index (κ1) is 13.7. The summed E-state index contributed by atoms with van der Waals surface area (Å²) in [4.78, 5) is 11.2. The molecule has 0 aliphatic rings. The Hall–Kier alpha value is -1.35. The maximum Gasteiger partial charge on any atom is 0.221 e. The molecule has 0 saturated heterocycles. The first-order chi connectivity index (χ1) is 8.06. The Bertz CT molecular complexity index is 399. The van der Waals surface area contributed by atoms with E-state index in [1.54, 1.807) is 0 Å². The summed E-state index contributed by atoms with van der Waals surface area (Å²) in [5.41, 5.74) is 10.6. The average Bonchev–Trinajstić information content (AvgIpc) is 2.29. The van der Waals surface area contributed by atoms with Gasteiger partial charge in [0.2, 0.25) is 5.91 Å². The SMILES string of the molecule is Cc1ccc(CCNC(=O)CCN)c(C)c1C. The van der Waals surface area contributed by atoms with Gasteiger partial charge >= 0.3 is 0 Å². The van der Waals surface area contributed by atoms with Crippen LogP contribution in [0.15, 0.2) is 12.1 Å². The monoisotopic (exact) mass is 234 g/mol. The van der Waals surface area contributed by atoms with E-state index in [9.17, 15) is 4.79 Å². The molecule has 0 saturated carbocycles. The van der Waals surface area contributed by atoms with Crippen LogP contribution in [0.3, 0.4) is 0 Å². The third-order valence-electron chi connectivity index (χ3n) is 3.26. The molecule has 1 aromatic carbocycles. The highest BCUT2D eigenvalue weighted by atomic mass is 16.1. The Labute approximate surface area is 103 Å². The van der Waals surface area contributed by atoms with Crippen molar-refractivity contribution in [2.45, 2.75) is 33.6 Å². The van der Waals surface area contributed by atoms with E-state index in [2.05, 4.69) is 38.2 Å². The quantitative estimate of drug-likeness (QED) is 0.813. The second-order valence-electron chi connectivity index (χ2n) is 4.43. The van der Waals surface area contributed by atoms with Crippen LogP contribution >= 0.6 is 0 Å². The lowest BCUT2D eigenvalue weighted by Gasteiger charge is -2.11.